The highest BCUT2D eigenvalue weighted by Gasteiger charge is 2.10. The highest BCUT2D eigenvalue weighted by atomic mass is 32.2. The summed E-state index contributed by atoms with van der Waals surface area (Å²) in [6.45, 7) is 1.80. The van der Waals surface area contributed by atoms with E-state index in [4.69, 9.17) is 4.74 Å². The van der Waals surface area contributed by atoms with Gasteiger partial charge in [-0.3, -0.25) is 0 Å². The first-order valence-corrected chi connectivity index (χ1v) is 5.48. The molecule has 1 aromatic carbocycles. The van der Waals surface area contributed by atoms with Crippen molar-refractivity contribution >= 4 is 17.7 Å². The molecule has 1 rings (SSSR count). The SMILES string of the molecule is CC#CCSc1ccccc1C(=O)OC. The molecule has 0 amide bonds. The van der Waals surface area contributed by atoms with Gasteiger partial charge in [0.05, 0.1) is 18.4 Å². The molecule has 0 aliphatic carbocycles. The summed E-state index contributed by atoms with van der Waals surface area (Å²) in [5.41, 5.74) is 0.600. The van der Waals surface area contributed by atoms with Crippen LogP contribution < -0.4 is 0 Å². The van der Waals surface area contributed by atoms with Crippen LogP contribution in [-0.4, -0.2) is 18.8 Å². The normalized spacial score (nSPS) is 8.93. The molecule has 0 atom stereocenters. The molecule has 3 heteroatoms. The van der Waals surface area contributed by atoms with E-state index in [1.54, 1.807) is 24.8 Å². The second-order valence-electron chi connectivity index (χ2n) is 2.70. The molecule has 2 nitrogen and oxygen atoms in total. The molecule has 0 bridgehead atoms. The van der Waals surface area contributed by atoms with Crippen molar-refractivity contribution < 1.29 is 9.53 Å². The Labute approximate surface area is 94.0 Å². The van der Waals surface area contributed by atoms with Crippen molar-refractivity contribution in [3.63, 3.8) is 0 Å². The van der Waals surface area contributed by atoms with Crippen molar-refractivity contribution in [1.29, 1.82) is 0 Å². The van der Waals surface area contributed by atoms with Gasteiger partial charge in [0.2, 0.25) is 0 Å². The molecule has 0 N–H and O–H groups in total. The second kappa shape index (κ2) is 6.15. The summed E-state index contributed by atoms with van der Waals surface area (Å²) in [5.74, 6) is 6.14. The number of thioether (sulfide) groups is 1. The number of carbonyl (C=O) groups excluding carboxylic acids is 1. The van der Waals surface area contributed by atoms with Gasteiger partial charge in [-0.2, -0.15) is 0 Å². The summed E-state index contributed by atoms with van der Waals surface area (Å²) in [4.78, 5) is 12.3. The van der Waals surface area contributed by atoms with Gasteiger partial charge in [-0.25, -0.2) is 4.79 Å². The van der Waals surface area contributed by atoms with E-state index in [2.05, 4.69) is 11.8 Å². The van der Waals surface area contributed by atoms with Crippen molar-refractivity contribution in [2.75, 3.05) is 12.9 Å². The Morgan fingerprint density at radius 3 is 2.87 bits per heavy atom. The van der Waals surface area contributed by atoms with Crippen molar-refractivity contribution in [2.45, 2.75) is 11.8 Å². The number of hydrogen-bond acceptors (Lipinski definition) is 3. The van der Waals surface area contributed by atoms with Gasteiger partial charge in [-0.05, 0) is 19.1 Å². The van der Waals surface area contributed by atoms with Crippen LogP contribution in [0.2, 0.25) is 0 Å². The Balaban J connectivity index is 2.84. The predicted octanol–water partition coefficient (Wildman–Crippen LogP) is 2.59. The third kappa shape index (κ3) is 3.34. The fourth-order valence-corrected chi connectivity index (χ4v) is 1.91. The van der Waals surface area contributed by atoms with E-state index in [1.165, 1.54) is 7.11 Å². The highest BCUT2D eigenvalue weighted by Crippen LogP contribution is 2.22. The zero-order chi connectivity index (χ0) is 11.1. The van der Waals surface area contributed by atoms with Crippen LogP contribution >= 0.6 is 11.8 Å². The molecule has 0 aliphatic rings. The van der Waals surface area contributed by atoms with Crippen LogP contribution in [0.3, 0.4) is 0 Å². The lowest BCUT2D eigenvalue weighted by molar-refractivity contribution is 0.0597. The summed E-state index contributed by atoms with van der Waals surface area (Å²) in [5, 5.41) is 0. The fraction of sp³-hybridized carbons (Fsp3) is 0.250. The van der Waals surface area contributed by atoms with Gasteiger partial charge in [-0.1, -0.05) is 18.1 Å². The molecule has 0 saturated carbocycles. The lowest BCUT2D eigenvalue weighted by atomic mass is 10.2. The fourth-order valence-electron chi connectivity index (χ4n) is 1.06. The van der Waals surface area contributed by atoms with Gasteiger partial charge >= 0.3 is 5.97 Å². The summed E-state index contributed by atoms with van der Waals surface area (Å²) >= 11 is 1.54. The molecule has 0 aliphatic heterocycles. The molecule has 0 aromatic heterocycles. The number of benzene rings is 1. The molecule has 0 radical (unpaired) electrons. The Bertz CT molecular complexity index is 402. The number of ether oxygens (including phenoxy) is 1. The number of hydrogen-bond donors (Lipinski definition) is 0. The minimum atomic E-state index is -0.303. The van der Waals surface area contributed by atoms with Crippen LogP contribution in [0.5, 0.6) is 0 Å². The predicted molar refractivity (Wildman–Crippen MR) is 62.0 cm³/mol. The van der Waals surface area contributed by atoms with Crippen LogP contribution in [-0.2, 0) is 4.74 Å². The molecule has 1 aromatic rings. The van der Waals surface area contributed by atoms with E-state index in [-0.39, 0.29) is 5.97 Å². The van der Waals surface area contributed by atoms with Gasteiger partial charge in [0.15, 0.2) is 0 Å². The lowest BCUT2D eigenvalue weighted by Gasteiger charge is -2.04. The smallest absolute Gasteiger partial charge is 0.338 e. The minimum absolute atomic E-state index is 0.303. The first kappa shape index (κ1) is 11.7. The third-order valence-electron chi connectivity index (χ3n) is 1.77. The van der Waals surface area contributed by atoms with Crippen LogP contribution in [0.4, 0.5) is 0 Å². The van der Waals surface area contributed by atoms with E-state index in [0.717, 1.165) is 4.90 Å². The summed E-state index contributed by atoms with van der Waals surface area (Å²) in [6, 6.07) is 7.37. The second-order valence-corrected chi connectivity index (χ2v) is 3.72. The van der Waals surface area contributed by atoms with Crippen LogP contribution in [0.1, 0.15) is 17.3 Å². The van der Waals surface area contributed by atoms with Gasteiger partial charge in [0.25, 0.3) is 0 Å². The topological polar surface area (TPSA) is 26.3 Å². The molecule has 0 heterocycles. The number of esters is 1. The molecule has 0 unspecified atom stereocenters. The van der Waals surface area contributed by atoms with Gasteiger partial charge in [-0.15, -0.1) is 17.7 Å². The minimum Gasteiger partial charge on any atom is -0.465 e. The molecule has 0 spiro atoms. The first-order chi connectivity index (χ1) is 7.29. The zero-order valence-electron chi connectivity index (χ0n) is 8.74. The average molecular weight is 220 g/mol. The Morgan fingerprint density at radius 2 is 2.20 bits per heavy atom. The van der Waals surface area contributed by atoms with Gasteiger partial charge < -0.3 is 4.74 Å². The number of carbonyl (C=O) groups is 1. The average Bonchev–Trinajstić information content (AvgIpc) is 2.29. The largest absolute Gasteiger partial charge is 0.465 e. The third-order valence-corrected chi connectivity index (χ3v) is 2.72. The monoisotopic (exact) mass is 220 g/mol. The van der Waals surface area contributed by atoms with Crippen LogP contribution in [0.15, 0.2) is 29.2 Å². The highest BCUT2D eigenvalue weighted by molar-refractivity contribution is 7.99. The molecule has 0 fully saturated rings. The Morgan fingerprint density at radius 1 is 1.47 bits per heavy atom. The molecule has 78 valence electrons. The van der Waals surface area contributed by atoms with E-state index in [1.807, 2.05) is 18.2 Å². The molecule has 0 saturated heterocycles. The maximum atomic E-state index is 11.4. The van der Waals surface area contributed by atoms with E-state index in [0.29, 0.717) is 11.3 Å². The molecular weight excluding hydrogens is 208 g/mol. The zero-order valence-corrected chi connectivity index (χ0v) is 9.56. The summed E-state index contributed by atoms with van der Waals surface area (Å²) in [7, 11) is 1.38. The maximum Gasteiger partial charge on any atom is 0.338 e. The summed E-state index contributed by atoms with van der Waals surface area (Å²) < 4.78 is 4.69. The molecular formula is C12H12O2S. The quantitative estimate of drug-likeness (QED) is 0.445. The van der Waals surface area contributed by atoms with Crippen molar-refractivity contribution in [3.05, 3.63) is 29.8 Å². The number of methoxy groups -OCH3 is 1. The Kier molecular flexibility index (Phi) is 4.79. The van der Waals surface area contributed by atoms with Crippen molar-refractivity contribution in [3.8, 4) is 11.8 Å². The van der Waals surface area contributed by atoms with Crippen molar-refractivity contribution in [1.82, 2.24) is 0 Å². The van der Waals surface area contributed by atoms with Gasteiger partial charge in [0.1, 0.15) is 0 Å². The molecule has 15 heavy (non-hydrogen) atoms. The van der Waals surface area contributed by atoms with Crippen molar-refractivity contribution in [2.24, 2.45) is 0 Å². The van der Waals surface area contributed by atoms with E-state index >= 15 is 0 Å². The summed E-state index contributed by atoms with van der Waals surface area (Å²) in [6.07, 6.45) is 0. The first-order valence-electron chi connectivity index (χ1n) is 4.49. The van der Waals surface area contributed by atoms with Crippen LogP contribution in [0.25, 0.3) is 0 Å². The standard InChI is InChI=1S/C12H12O2S/c1-3-4-9-15-11-8-6-5-7-10(11)12(13)14-2/h5-8H,9H2,1-2H3. The number of rotatable bonds is 3. The van der Waals surface area contributed by atoms with E-state index < -0.39 is 0 Å². The maximum absolute atomic E-state index is 11.4. The van der Waals surface area contributed by atoms with Crippen LogP contribution in [0, 0.1) is 11.8 Å². The van der Waals surface area contributed by atoms with Gasteiger partial charge in [0, 0.05) is 4.90 Å². The lowest BCUT2D eigenvalue weighted by Crippen LogP contribution is -2.02. The Hall–Kier alpha value is -1.40. The van der Waals surface area contributed by atoms with E-state index in [9.17, 15) is 4.79 Å².